The van der Waals surface area contributed by atoms with Crippen LogP contribution in [-0.4, -0.2) is 52.8 Å². The summed E-state index contributed by atoms with van der Waals surface area (Å²) >= 11 is 0. The summed E-state index contributed by atoms with van der Waals surface area (Å²) in [6, 6.07) is 0. The number of hydrogen-bond acceptors (Lipinski definition) is 4. The van der Waals surface area contributed by atoms with E-state index in [0.717, 1.165) is 0 Å². The highest BCUT2D eigenvalue weighted by atomic mass is 19.2. The first-order chi connectivity index (χ1) is 5.57. The lowest BCUT2D eigenvalue weighted by Crippen LogP contribution is -2.37. The molecule has 1 fully saturated rings. The minimum absolute atomic E-state index is 1.32. The second-order valence-corrected chi connectivity index (χ2v) is 2.64. The van der Waals surface area contributed by atoms with Crippen LogP contribution in [0.4, 0.5) is 8.78 Å². The highest BCUT2D eigenvalue weighted by Crippen LogP contribution is 2.23. The van der Waals surface area contributed by atoms with Crippen LogP contribution < -0.4 is 0 Å². The standard InChI is InChI=1S/C6H10F2O4/c7-1-2(8)5-3(9)4(10)6(11)12-5/h2-6,9-11H,1H2/t2?,3?,4?,5-,6-/m1/s1. The average Bonchev–Trinajstić information content (AvgIpc) is 2.32. The fraction of sp³-hybridized carbons (Fsp3) is 1.00. The van der Waals surface area contributed by atoms with E-state index in [0.29, 0.717) is 0 Å². The molecule has 0 saturated carbocycles. The third kappa shape index (κ3) is 1.56. The van der Waals surface area contributed by atoms with Crippen molar-refractivity contribution in [3.63, 3.8) is 0 Å². The molecule has 1 aliphatic rings. The van der Waals surface area contributed by atoms with Crippen LogP contribution in [-0.2, 0) is 4.74 Å². The summed E-state index contributed by atoms with van der Waals surface area (Å²) in [7, 11) is 0. The maximum absolute atomic E-state index is 12.6. The molecule has 12 heavy (non-hydrogen) atoms. The van der Waals surface area contributed by atoms with E-state index >= 15 is 0 Å². The Bertz CT molecular complexity index is 156. The van der Waals surface area contributed by atoms with Crippen LogP contribution in [0, 0.1) is 0 Å². The highest BCUT2D eigenvalue weighted by Gasteiger charge is 2.45. The molecule has 1 aliphatic heterocycles. The van der Waals surface area contributed by atoms with Gasteiger partial charge in [-0.15, -0.1) is 0 Å². The fourth-order valence-electron chi connectivity index (χ4n) is 1.07. The summed E-state index contributed by atoms with van der Waals surface area (Å²) in [6.07, 6.45) is -8.30. The number of aliphatic hydroxyl groups is 3. The largest absolute Gasteiger partial charge is 0.387 e. The summed E-state index contributed by atoms with van der Waals surface area (Å²) in [5.41, 5.74) is 0. The predicted molar refractivity (Wildman–Crippen MR) is 33.8 cm³/mol. The lowest BCUT2D eigenvalue weighted by Gasteiger charge is -2.15. The zero-order valence-electron chi connectivity index (χ0n) is 6.10. The molecule has 0 bridgehead atoms. The Labute approximate surface area is 67.4 Å². The van der Waals surface area contributed by atoms with Crippen molar-refractivity contribution in [1.82, 2.24) is 0 Å². The minimum atomic E-state index is -2.02. The van der Waals surface area contributed by atoms with E-state index in [4.69, 9.17) is 15.3 Å². The molecule has 3 unspecified atom stereocenters. The van der Waals surface area contributed by atoms with Gasteiger partial charge in [-0.2, -0.15) is 0 Å². The molecule has 0 amide bonds. The van der Waals surface area contributed by atoms with E-state index in [1.165, 1.54) is 0 Å². The lowest BCUT2D eigenvalue weighted by atomic mass is 10.1. The van der Waals surface area contributed by atoms with Crippen molar-refractivity contribution in [2.75, 3.05) is 6.67 Å². The van der Waals surface area contributed by atoms with Crippen LogP contribution in [0.5, 0.6) is 0 Å². The smallest absolute Gasteiger partial charge is 0.184 e. The molecule has 6 heteroatoms. The summed E-state index contributed by atoms with van der Waals surface area (Å²) in [5.74, 6) is 0. The van der Waals surface area contributed by atoms with E-state index in [1.54, 1.807) is 0 Å². The topological polar surface area (TPSA) is 69.9 Å². The molecule has 1 heterocycles. The third-order valence-electron chi connectivity index (χ3n) is 1.78. The van der Waals surface area contributed by atoms with Crippen molar-refractivity contribution in [3.05, 3.63) is 0 Å². The van der Waals surface area contributed by atoms with Gasteiger partial charge in [-0.3, -0.25) is 0 Å². The molecule has 0 aromatic carbocycles. The Balaban J connectivity index is 2.58. The van der Waals surface area contributed by atoms with Gasteiger partial charge in [-0.1, -0.05) is 0 Å². The van der Waals surface area contributed by atoms with Gasteiger partial charge < -0.3 is 20.1 Å². The first-order valence-electron chi connectivity index (χ1n) is 3.47. The van der Waals surface area contributed by atoms with Crippen LogP contribution >= 0.6 is 0 Å². The van der Waals surface area contributed by atoms with Crippen LogP contribution in [0.25, 0.3) is 0 Å². The summed E-state index contributed by atoms with van der Waals surface area (Å²) in [4.78, 5) is 0. The normalized spacial score (nSPS) is 44.8. The van der Waals surface area contributed by atoms with Crippen LogP contribution in [0.15, 0.2) is 0 Å². The van der Waals surface area contributed by atoms with Crippen LogP contribution in [0.1, 0.15) is 0 Å². The Morgan fingerprint density at radius 3 is 2.17 bits per heavy atom. The van der Waals surface area contributed by atoms with E-state index in [9.17, 15) is 8.78 Å². The first kappa shape index (κ1) is 9.79. The van der Waals surface area contributed by atoms with E-state index in [1.807, 2.05) is 0 Å². The SMILES string of the molecule is OC1C(O)[C@H](O)O[C@@H]1C(F)CF. The molecule has 0 aliphatic carbocycles. The summed E-state index contributed by atoms with van der Waals surface area (Å²) in [5, 5.41) is 26.6. The van der Waals surface area contributed by atoms with Crippen molar-refractivity contribution in [2.24, 2.45) is 0 Å². The zero-order chi connectivity index (χ0) is 9.30. The van der Waals surface area contributed by atoms with Crippen LogP contribution in [0.2, 0.25) is 0 Å². The molecule has 0 aromatic heterocycles. The first-order valence-corrected chi connectivity index (χ1v) is 3.47. The maximum Gasteiger partial charge on any atom is 0.184 e. The highest BCUT2D eigenvalue weighted by molar-refractivity contribution is 4.89. The molecule has 5 atom stereocenters. The molecule has 72 valence electrons. The van der Waals surface area contributed by atoms with Gasteiger partial charge in [0.05, 0.1) is 0 Å². The average molecular weight is 184 g/mol. The number of aliphatic hydroxyl groups excluding tert-OH is 3. The van der Waals surface area contributed by atoms with E-state index < -0.39 is 37.4 Å². The Morgan fingerprint density at radius 2 is 1.83 bits per heavy atom. The summed E-state index contributed by atoms with van der Waals surface area (Å²) < 4.78 is 28.7. The third-order valence-corrected chi connectivity index (χ3v) is 1.78. The summed E-state index contributed by atoms with van der Waals surface area (Å²) in [6.45, 7) is -1.32. The van der Waals surface area contributed by atoms with Gasteiger partial charge in [-0.05, 0) is 0 Å². The van der Waals surface area contributed by atoms with Gasteiger partial charge in [0.25, 0.3) is 0 Å². The molecule has 1 saturated heterocycles. The van der Waals surface area contributed by atoms with Crippen molar-refractivity contribution in [2.45, 2.75) is 30.8 Å². The van der Waals surface area contributed by atoms with Gasteiger partial charge in [-0.25, -0.2) is 8.78 Å². The van der Waals surface area contributed by atoms with Gasteiger partial charge >= 0.3 is 0 Å². The Kier molecular flexibility index (Phi) is 2.94. The van der Waals surface area contributed by atoms with Crippen molar-refractivity contribution in [3.8, 4) is 0 Å². The van der Waals surface area contributed by atoms with E-state index in [2.05, 4.69) is 4.74 Å². The van der Waals surface area contributed by atoms with E-state index in [-0.39, 0.29) is 0 Å². The quantitative estimate of drug-likeness (QED) is 0.500. The number of ether oxygens (including phenoxy) is 1. The van der Waals surface area contributed by atoms with Gasteiger partial charge in [0.15, 0.2) is 12.5 Å². The second-order valence-electron chi connectivity index (χ2n) is 2.64. The monoisotopic (exact) mass is 184 g/mol. The number of hydrogen-bond donors (Lipinski definition) is 3. The number of halogens is 2. The molecule has 4 nitrogen and oxygen atoms in total. The van der Waals surface area contributed by atoms with Crippen molar-refractivity contribution in [1.29, 1.82) is 0 Å². The van der Waals surface area contributed by atoms with Gasteiger partial charge in [0.2, 0.25) is 0 Å². The maximum atomic E-state index is 12.6. The van der Waals surface area contributed by atoms with Gasteiger partial charge in [0.1, 0.15) is 25.0 Å². The Morgan fingerprint density at radius 1 is 1.25 bits per heavy atom. The molecule has 0 spiro atoms. The fourth-order valence-corrected chi connectivity index (χ4v) is 1.07. The second kappa shape index (κ2) is 3.61. The molecule has 3 N–H and O–H groups in total. The zero-order valence-corrected chi connectivity index (χ0v) is 6.10. The van der Waals surface area contributed by atoms with Gasteiger partial charge in [0, 0.05) is 0 Å². The predicted octanol–water partition coefficient (Wildman–Crippen LogP) is -1.27. The molecule has 1 rings (SSSR count). The van der Waals surface area contributed by atoms with Crippen molar-refractivity contribution < 1.29 is 28.8 Å². The number of alkyl halides is 2. The Hall–Kier alpha value is -0.300. The lowest BCUT2D eigenvalue weighted by molar-refractivity contribution is -0.138. The molecule has 0 aromatic rings. The molecule has 0 radical (unpaired) electrons. The van der Waals surface area contributed by atoms with Crippen LogP contribution in [0.3, 0.4) is 0 Å². The van der Waals surface area contributed by atoms with Crippen molar-refractivity contribution >= 4 is 0 Å². The minimum Gasteiger partial charge on any atom is -0.387 e. The molecular weight excluding hydrogens is 174 g/mol. The number of rotatable bonds is 2. The molecular formula is C6H10F2O4.